The Labute approximate surface area is 119 Å². The fraction of sp³-hybridized carbons (Fsp3) is 0.375. The fourth-order valence-electron chi connectivity index (χ4n) is 2.24. The highest BCUT2D eigenvalue weighted by atomic mass is 16.5. The van der Waals surface area contributed by atoms with Crippen LogP contribution in [0.1, 0.15) is 42.1 Å². The predicted octanol–water partition coefficient (Wildman–Crippen LogP) is 3.17. The molecular formula is C16H20N2O2. The maximum absolute atomic E-state index is 10.8. The van der Waals surface area contributed by atoms with Crippen LogP contribution in [0.4, 0.5) is 0 Å². The summed E-state index contributed by atoms with van der Waals surface area (Å²) in [6.45, 7) is 8.00. The molecule has 0 saturated carbocycles. The first kappa shape index (κ1) is 14.3. The number of rotatable bonds is 4. The van der Waals surface area contributed by atoms with Gasteiger partial charge in [0.1, 0.15) is 0 Å². The van der Waals surface area contributed by atoms with Crippen LogP contribution in [0.15, 0.2) is 30.7 Å². The van der Waals surface area contributed by atoms with E-state index in [0.29, 0.717) is 0 Å². The van der Waals surface area contributed by atoms with Crippen molar-refractivity contribution < 1.29 is 9.53 Å². The fourth-order valence-corrected chi connectivity index (χ4v) is 2.24. The van der Waals surface area contributed by atoms with Gasteiger partial charge < -0.3 is 9.30 Å². The van der Waals surface area contributed by atoms with Crippen molar-refractivity contribution in [2.75, 3.05) is 0 Å². The lowest BCUT2D eigenvalue weighted by Gasteiger charge is -2.14. The van der Waals surface area contributed by atoms with Gasteiger partial charge >= 0.3 is 5.97 Å². The summed E-state index contributed by atoms with van der Waals surface area (Å²) in [5, 5.41) is 0. The third-order valence-electron chi connectivity index (χ3n) is 3.63. The molecule has 0 bridgehead atoms. The van der Waals surface area contributed by atoms with E-state index in [1.54, 1.807) is 10.9 Å². The topological polar surface area (TPSA) is 44.1 Å². The Hall–Kier alpha value is -2.10. The van der Waals surface area contributed by atoms with Gasteiger partial charge in [-0.05, 0) is 30.5 Å². The van der Waals surface area contributed by atoms with Gasteiger partial charge in [-0.3, -0.25) is 4.79 Å². The highest BCUT2D eigenvalue weighted by Crippen LogP contribution is 2.26. The molecule has 20 heavy (non-hydrogen) atoms. The summed E-state index contributed by atoms with van der Waals surface area (Å²) >= 11 is 0. The number of aryl methyl sites for hydroxylation is 1. The van der Waals surface area contributed by atoms with Crippen LogP contribution in [0, 0.1) is 13.8 Å². The average Bonchev–Trinajstić information content (AvgIpc) is 2.87. The normalized spacial score (nSPS) is 12.2. The van der Waals surface area contributed by atoms with Crippen molar-refractivity contribution in [2.24, 2.45) is 0 Å². The molecule has 106 valence electrons. The Morgan fingerprint density at radius 2 is 2.15 bits per heavy atom. The molecule has 0 aliphatic carbocycles. The summed E-state index contributed by atoms with van der Waals surface area (Å²) < 4.78 is 6.73. The van der Waals surface area contributed by atoms with Crippen molar-refractivity contribution in [1.82, 2.24) is 9.55 Å². The number of nitrogens with zero attached hydrogens (tertiary/aromatic N) is 2. The van der Waals surface area contributed by atoms with E-state index in [0.717, 1.165) is 5.69 Å². The van der Waals surface area contributed by atoms with Crippen molar-refractivity contribution in [3.63, 3.8) is 0 Å². The largest absolute Gasteiger partial charge is 0.444 e. The number of hydrogen-bond acceptors (Lipinski definition) is 3. The van der Waals surface area contributed by atoms with Crippen LogP contribution in [0.2, 0.25) is 0 Å². The van der Waals surface area contributed by atoms with Crippen LogP contribution in [-0.2, 0) is 16.3 Å². The number of carbonyl (C=O) groups excluding carboxylic acids is 1. The Morgan fingerprint density at radius 1 is 1.40 bits per heavy atom. The molecule has 0 saturated heterocycles. The predicted molar refractivity (Wildman–Crippen MR) is 77.4 cm³/mol. The molecule has 0 amide bonds. The lowest BCUT2D eigenvalue weighted by atomic mass is 9.92. The highest BCUT2D eigenvalue weighted by Gasteiger charge is 2.14. The van der Waals surface area contributed by atoms with Gasteiger partial charge in [0.15, 0.2) is 6.73 Å². The zero-order chi connectivity index (χ0) is 14.7. The zero-order valence-corrected chi connectivity index (χ0v) is 12.4. The molecule has 0 fully saturated rings. The molecule has 1 heterocycles. The first-order valence-electron chi connectivity index (χ1n) is 6.70. The van der Waals surface area contributed by atoms with E-state index in [1.165, 1.54) is 23.6 Å². The molecule has 2 aromatic rings. The first-order valence-corrected chi connectivity index (χ1v) is 6.70. The van der Waals surface area contributed by atoms with E-state index >= 15 is 0 Å². The van der Waals surface area contributed by atoms with Gasteiger partial charge in [0.25, 0.3) is 0 Å². The molecule has 0 N–H and O–H groups in total. The van der Waals surface area contributed by atoms with E-state index < -0.39 is 0 Å². The van der Waals surface area contributed by atoms with Crippen LogP contribution in [0.5, 0.6) is 0 Å². The van der Waals surface area contributed by atoms with Crippen LogP contribution >= 0.6 is 0 Å². The van der Waals surface area contributed by atoms with Gasteiger partial charge in [0.2, 0.25) is 0 Å². The van der Waals surface area contributed by atoms with Gasteiger partial charge in [-0.15, -0.1) is 0 Å². The van der Waals surface area contributed by atoms with Crippen molar-refractivity contribution in [3.05, 3.63) is 53.1 Å². The Balaban J connectivity index is 2.19. The Morgan fingerprint density at radius 3 is 2.85 bits per heavy atom. The smallest absolute Gasteiger partial charge is 0.304 e. The second kappa shape index (κ2) is 5.90. The second-order valence-corrected chi connectivity index (χ2v) is 5.09. The Kier molecular flexibility index (Phi) is 4.23. The van der Waals surface area contributed by atoms with Crippen LogP contribution < -0.4 is 0 Å². The SMILES string of the molecule is CC(=O)OCn1cnc([C@@H](C)c2cccc(C)c2C)c1. The maximum atomic E-state index is 10.8. The molecule has 4 heteroatoms. The van der Waals surface area contributed by atoms with Crippen LogP contribution in [0.3, 0.4) is 0 Å². The van der Waals surface area contributed by atoms with Crippen molar-refractivity contribution in [1.29, 1.82) is 0 Å². The third-order valence-corrected chi connectivity index (χ3v) is 3.63. The molecule has 0 aliphatic rings. The summed E-state index contributed by atoms with van der Waals surface area (Å²) in [7, 11) is 0. The van der Waals surface area contributed by atoms with Crippen molar-refractivity contribution >= 4 is 5.97 Å². The van der Waals surface area contributed by atoms with Crippen molar-refractivity contribution in [2.45, 2.75) is 40.3 Å². The standard InChI is InChI=1S/C16H20N2O2/c1-11-6-5-7-15(12(11)2)13(3)16-8-18(9-17-16)10-20-14(4)19/h5-9,13H,10H2,1-4H3/t13-/m0/s1. The molecule has 1 atom stereocenters. The van der Waals surface area contributed by atoms with Crippen LogP contribution in [0.25, 0.3) is 0 Å². The number of aromatic nitrogens is 2. The minimum absolute atomic E-state index is 0.210. The van der Waals surface area contributed by atoms with Crippen LogP contribution in [-0.4, -0.2) is 15.5 Å². The molecule has 2 rings (SSSR count). The molecule has 0 spiro atoms. The molecule has 1 aromatic heterocycles. The van der Waals surface area contributed by atoms with E-state index in [1.807, 2.05) is 6.20 Å². The number of hydrogen-bond donors (Lipinski definition) is 0. The molecule has 1 aromatic carbocycles. The highest BCUT2D eigenvalue weighted by molar-refractivity contribution is 5.65. The van der Waals surface area contributed by atoms with E-state index in [-0.39, 0.29) is 18.6 Å². The minimum Gasteiger partial charge on any atom is -0.444 e. The first-order chi connectivity index (χ1) is 9.49. The van der Waals surface area contributed by atoms with Gasteiger partial charge in [0.05, 0.1) is 12.0 Å². The Bertz CT molecular complexity index is 617. The summed E-state index contributed by atoms with van der Waals surface area (Å²) in [5.41, 5.74) is 4.84. The summed E-state index contributed by atoms with van der Waals surface area (Å²) in [6.07, 6.45) is 3.62. The molecule has 0 radical (unpaired) electrons. The van der Waals surface area contributed by atoms with Gasteiger partial charge in [-0.2, -0.15) is 0 Å². The lowest BCUT2D eigenvalue weighted by molar-refractivity contribution is -0.144. The number of ether oxygens (including phenoxy) is 1. The zero-order valence-electron chi connectivity index (χ0n) is 12.4. The van der Waals surface area contributed by atoms with E-state index in [9.17, 15) is 4.79 Å². The molecule has 0 unspecified atom stereocenters. The quantitative estimate of drug-likeness (QED) is 0.803. The third kappa shape index (κ3) is 3.07. The number of benzene rings is 1. The summed E-state index contributed by atoms with van der Waals surface area (Å²) in [6, 6.07) is 6.33. The lowest BCUT2D eigenvalue weighted by Crippen LogP contribution is -2.04. The molecular weight excluding hydrogens is 252 g/mol. The minimum atomic E-state index is -0.289. The van der Waals surface area contributed by atoms with Gasteiger partial charge in [-0.25, -0.2) is 4.98 Å². The number of imidazole rings is 1. The summed E-state index contributed by atoms with van der Waals surface area (Å²) in [5.74, 6) is -0.0729. The molecule has 0 aliphatic heterocycles. The van der Waals surface area contributed by atoms with E-state index in [4.69, 9.17) is 4.74 Å². The van der Waals surface area contributed by atoms with E-state index in [2.05, 4.69) is 44.0 Å². The maximum Gasteiger partial charge on any atom is 0.304 e. The number of carbonyl (C=O) groups is 1. The van der Waals surface area contributed by atoms with Gasteiger partial charge in [0, 0.05) is 19.0 Å². The van der Waals surface area contributed by atoms with Gasteiger partial charge in [-0.1, -0.05) is 25.1 Å². The second-order valence-electron chi connectivity index (χ2n) is 5.09. The summed E-state index contributed by atoms with van der Waals surface area (Å²) in [4.78, 5) is 15.2. The monoisotopic (exact) mass is 272 g/mol. The number of esters is 1. The average molecular weight is 272 g/mol. The van der Waals surface area contributed by atoms with Crippen molar-refractivity contribution in [3.8, 4) is 0 Å². The molecule has 4 nitrogen and oxygen atoms in total.